The molecule has 2 heterocycles. The number of carbonyl (C=O) groups is 4. The van der Waals surface area contributed by atoms with Crippen molar-refractivity contribution in [1.29, 1.82) is 0 Å². The van der Waals surface area contributed by atoms with E-state index in [1.165, 1.54) is 4.90 Å². The van der Waals surface area contributed by atoms with Gasteiger partial charge in [-0.05, 0) is 65.5 Å². The number of alkyl carbamates (subject to hydrolysis) is 1. The van der Waals surface area contributed by atoms with Gasteiger partial charge in [-0.2, -0.15) is 0 Å². The van der Waals surface area contributed by atoms with Gasteiger partial charge in [-0.25, -0.2) is 9.59 Å². The predicted octanol–water partition coefficient (Wildman–Crippen LogP) is 2.57. The topological polar surface area (TPSA) is 111 Å². The van der Waals surface area contributed by atoms with E-state index in [1.807, 2.05) is 44.7 Å². The number of hydrogen-bond acceptors (Lipinski definition) is 6. The van der Waals surface area contributed by atoms with Gasteiger partial charge in [-0.3, -0.25) is 14.9 Å². The lowest BCUT2D eigenvalue weighted by atomic mass is 9.85. The third kappa shape index (κ3) is 8.00. The second-order valence-electron chi connectivity index (χ2n) is 10.5. The molecule has 3 aliphatic rings. The van der Waals surface area contributed by atoms with Gasteiger partial charge in [0, 0.05) is 63.0 Å². The molecule has 10 heteroatoms. The minimum Gasteiger partial charge on any atom is -0.444 e. The monoisotopic (exact) mass is 489 g/mol. The molecule has 1 aliphatic carbocycles. The molecule has 3 rings (SSSR count). The fourth-order valence-corrected chi connectivity index (χ4v) is 4.61. The van der Waals surface area contributed by atoms with Crippen LogP contribution in [0.3, 0.4) is 0 Å². The summed E-state index contributed by atoms with van der Waals surface area (Å²) in [5, 5.41) is 5.23. The number of piperazine rings is 1. The van der Waals surface area contributed by atoms with Crippen LogP contribution in [-0.4, -0.2) is 83.0 Å². The van der Waals surface area contributed by atoms with Gasteiger partial charge in [0.05, 0.1) is 0 Å². The highest BCUT2D eigenvalue weighted by Crippen LogP contribution is 2.27. The van der Waals surface area contributed by atoms with Gasteiger partial charge in [-0.1, -0.05) is 0 Å². The second-order valence-corrected chi connectivity index (χ2v) is 10.5. The lowest BCUT2D eigenvalue weighted by Gasteiger charge is -2.39. The van der Waals surface area contributed by atoms with Gasteiger partial charge in [0.15, 0.2) is 0 Å². The van der Waals surface area contributed by atoms with Crippen molar-refractivity contribution in [3.63, 3.8) is 0 Å². The van der Waals surface area contributed by atoms with Crippen molar-refractivity contribution in [3.05, 3.63) is 24.0 Å². The molecule has 0 spiro atoms. The van der Waals surface area contributed by atoms with Crippen LogP contribution in [0.25, 0.3) is 0 Å². The molecule has 0 radical (unpaired) electrons. The number of rotatable bonds is 5. The minimum absolute atomic E-state index is 0.0142. The van der Waals surface area contributed by atoms with Gasteiger partial charge in [-0.15, -0.1) is 0 Å². The smallest absolute Gasteiger partial charge is 0.407 e. The maximum absolute atomic E-state index is 13.0. The summed E-state index contributed by atoms with van der Waals surface area (Å²) in [6.45, 7) is 10.8. The Kier molecular flexibility index (Phi) is 8.80. The Hall–Kier alpha value is -3.04. The zero-order valence-electron chi connectivity index (χ0n) is 21.3. The molecule has 0 bridgehead atoms. The Morgan fingerprint density at radius 1 is 1.00 bits per heavy atom. The number of nitrogens with zero attached hydrogens (tertiary/aromatic N) is 3. The summed E-state index contributed by atoms with van der Waals surface area (Å²) in [5.41, 5.74) is 0.546. The van der Waals surface area contributed by atoms with Crippen molar-refractivity contribution < 1.29 is 23.9 Å². The lowest BCUT2D eigenvalue weighted by Crippen LogP contribution is -2.50. The van der Waals surface area contributed by atoms with Gasteiger partial charge in [0.2, 0.25) is 11.8 Å². The van der Waals surface area contributed by atoms with Gasteiger partial charge in [0.25, 0.3) is 0 Å². The Balaban J connectivity index is 1.39. The summed E-state index contributed by atoms with van der Waals surface area (Å²) in [6.07, 6.45) is 8.47. The molecule has 10 nitrogen and oxygen atoms in total. The summed E-state index contributed by atoms with van der Waals surface area (Å²) in [5.74, 6) is -0.0164. The first-order valence-electron chi connectivity index (χ1n) is 12.5. The maximum atomic E-state index is 13.0. The molecular weight excluding hydrogens is 450 g/mol. The van der Waals surface area contributed by atoms with Crippen molar-refractivity contribution in [2.45, 2.75) is 71.4 Å². The Morgan fingerprint density at radius 3 is 2.23 bits per heavy atom. The van der Waals surface area contributed by atoms with Crippen LogP contribution in [0.5, 0.6) is 0 Å². The Labute approximate surface area is 207 Å². The molecule has 2 saturated heterocycles. The van der Waals surface area contributed by atoms with E-state index in [9.17, 15) is 19.2 Å². The first-order chi connectivity index (χ1) is 16.5. The quantitative estimate of drug-likeness (QED) is 0.574. The normalized spacial score (nSPS) is 24.5. The Bertz CT molecular complexity index is 862. The molecule has 5 amide bonds. The summed E-state index contributed by atoms with van der Waals surface area (Å²) >= 11 is 0. The zero-order chi connectivity index (χ0) is 25.6. The van der Waals surface area contributed by atoms with Gasteiger partial charge in [0.1, 0.15) is 5.60 Å². The first kappa shape index (κ1) is 26.6. The van der Waals surface area contributed by atoms with Crippen LogP contribution in [0.2, 0.25) is 0 Å². The molecule has 0 aromatic heterocycles. The number of amides is 5. The number of urea groups is 1. The Morgan fingerprint density at radius 2 is 1.63 bits per heavy atom. The van der Waals surface area contributed by atoms with E-state index >= 15 is 0 Å². The average Bonchev–Trinajstić information content (AvgIpc) is 2.79. The van der Waals surface area contributed by atoms with Crippen molar-refractivity contribution in [2.24, 2.45) is 5.92 Å². The van der Waals surface area contributed by atoms with Gasteiger partial charge < -0.3 is 24.8 Å². The molecule has 1 saturated carbocycles. The highest BCUT2D eigenvalue weighted by atomic mass is 16.6. The molecular formula is C25H39N5O5. The van der Waals surface area contributed by atoms with Crippen molar-refractivity contribution in [2.75, 3.05) is 32.7 Å². The van der Waals surface area contributed by atoms with E-state index in [0.29, 0.717) is 26.1 Å². The second kappa shape index (κ2) is 11.6. The third-order valence-electron chi connectivity index (χ3n) is 6.58. The minimum atomic E-state index is -0.519. The molecule has 2 aliphatic heterocycles. The van der Waals surface area contributed by atoms with Crippen LogP contribution in [0, 0.1) is 5.92 Å². The van der Waals surface area contributed by atoms with Crippen LogP contribution in [0.15, 0.2) is 24.0 Å². The number of ether oxygens (including phenoxy) is 1. The standard InChI is InChI=1S/C25H39N5O5/c1-18(6-5-12-30-13-11-21(31)27-23(30)33)28-14-16-29(17-15-28)22(32)19-7-9-20(10-8-19)26-24(34)35-25(2,3)4/h5-6,12,19-20H,7-11,13-17H2,1-4H3,(H,26,34)(H,27,31,33)/b12-5+,18-6+. The van der Waals surface area contributed by atoms with Crippen LogP contribution >= 0.6 is 0 Å². The van der Waals surface area contributed by atoms with Crippen LogP contribution in [0.1, 0.15) is 59.8 Å². The van der Waals surface area contributed by atoms with E-state index in [2.05, 4.69) is 15.5 Å². The van der Waals surface area contributed by atoms with Crippen molar-refractivity contribution in [1.82, 2.24) is 25.3 Å². The SMILES string of the molecule is C/C(=C\C=C\N1CCC(=O)NC1=O)N1CCN(C(=O)C2CCC(NC(=O)OC(C)(C)C)CC2)CC1. The first-order valence-corrected chi connectivity index (χ1v) is 12.5. The molecule has 35 heavy (non-hydrogen) atoms. The molecule has 3 fully saturated rings. The van der Waals surface area contributed by atoms with Crippen LogP contribution in [0.4, 0.5) is 9.59 Å². The molecule has 0 aromatic carbocycles. The van der Waals surface area contributed by atoms with E-state index < -0.39 is 17.7 Å². The fraction of sp³-hybridized carbons (Fsp3) is 0.680. The largest absolute Gasteiger partial charge is 0.444 e. The zero-order valence-corrected chi connectivity index (χ0v) is 21.3. The summed E-state index contributed by atoms with van der Waals surface area (Å²) in [4.78, 5) is 53.7. The maximum Gasteiger partial charge on any atom is 0.407 e. The van der Waals surface area contributed by atoms with Gasteiger partial charge >= 0.3 is 12.1 Å². The summed E-state index contributed by atoms with van der Waals surface area (Å²) < 4.78 is 5.33. The lowest BCUT2D eigenvalue weighted by molar-refractivity contribution is -0.138. The van der Waals surface area contributed by atoms with Crippen molar-refractivity contribution >= 4 is 23.9 Å². The molecule has 0 atom stereocenters. The van der Waals surface area contributed by atoms with E-state index in [4.69, 9.17) is 4.74 Å². The van der Waals surface area contributed by atoms with Crippen LogP contribution < -0.4 is 10.6 Å². The predicted molar refractivity (Wildman–Crippen MR) is 131 cm³/mol. The third-order valence-corrected chi connectivity index (χ3v) is 6.58. The van der Waals surface area contributed by atoms with E-state index in [1.54, 1.807) is 6.20 Å². The molecule has 0 unspecified atom stereocenters. The summed E-state index contributed by atoms with van der Waals surface area (Å²) in [7, 11) is 0. The highest BCUT2D eigenvalue weighted by molar-refractivity contribution is 5.97. The molecule has 0 aromatic rings. The number of hydrogen-bond donors (Lipinski definition) is 2. The average molecular weight is 490 g/mol. The molecule has 2 N–H and O–H groups in total. The van der Waals surface area contributed by atoms with Crippen LogP contribution in [-0.2, 0) is 14.3 Å². The highest BCUT2D eigenvalue weighted by Gasteiger charge is 2.32. The molecule has 194 valence electrons. The van der Waals surface area contributed by atoms with Crippen molar-refractivity contribution in [3.8, 4) is 0 Å². The fourth-order valence-electron chi connectivity index (χ4n) is 4.61. The van der Waals surface area contributed by atoms with E-state index in [0.717, 1.165) is 44.5 Å². The number of nitrogens with one attached hydrogen (secondary N) is 2. The van der Waals surface area contributed by atoms with E-state index in [-0.39, 0.29) is 23.8 Å². The summed E-state index contributed by atoms with van der Waals surface area (Å²) in [6, 6.07) is -0.339. The number of allylic oxidation sites excluding steroid dienone is 3. The number of imide groups is 1. The number of carbonyl (C=O) groups excluding carboxylic acids is 4.